The maximum Gasteiger partial charge on any atom is 0.271 e. The first kappa shape index (κ1) is 21.4. The number of aromatic nitrogens is 2. The highest BCUT2D eigenvalue weighted by molar-refractivity contribution is 6.01. The number of carbonyl (C=O) groups is 1. The van der Waals surface area contributed by atoms with Crippen LogP contribution in [0.25, 0.3) is 28.1 Å². The molecule has 166 valence electrons. The number of nitrogens with zero attached hydrogens (tertiary/aromatic N) is 2. The van der Waals surface area contributed by atoms with E-state index in [-0.39, 0.29) is 5.91 Å². The second-order valence-electron chi connectivity index (χ2n) is 9.50. The fourth-order valence-corrected chi connectivity index (χ4v) is 5.22. The van der Waals surface area contributed by atoms with Gasteiger partial charge in [0.1, 0.15) is 0 Å². The summed E-state index contributed by atoms with van der Waals surface area (Å²) in [7, 11) is 0. The van der Waals surface area contributed by atoms with Crippen molar-refractivity contribution >= 4 is 22.8 Å². The lowest BCUT2D eigenvalue weighted by Crippen LogP contribution is -2.17. The Morgan fingerprint density at radius 3 is 2.48 bits per heavy atom. The van der Waals surface area contributed by atoms with Gasteiger partial charge in [-0.1, -0.05) is 93.6 Å². The molecule has 0 saturated carbocycles. The molecule has 0 aliphatic heterocycles. The second kappa shape index (κ2) is 8.82. The van der Waals surface area contributed by atoms with Crippen LogP contribution in [0.1, 0.15) is 67.1 Å². The SMILES string of the molecule is CC(C)[C@H]1CC[C@@H](C)c2c1nn(C(=O)/C=C/c1ccccc1)c2-c1cccc2ccccc12. The van der Waals surface area contributed by atoms with Crippen LogP contribution in [0.3, 0.4) is 0 Å². The normalized spacial score (nSPS) is 18.2. The number of hydrogen-bond acceptors (Lipinski definition) is 2. The molecule has 5 rings (SSSR count). The third-order valence-corrected chi connectivity index (χ3v) is 6.98. The van der Waals surface area contributed by atoms with E-state index in [2.05, 4.69) is 63.2 Å². The Bertz CT molecular complexity index is 1320. The number of allylic oxidation sites excluding steroid dienone is 1. The van der Waals surface area contributed by atoms with E-state index in [0.717, 1.165) is 40.7 Å². The third-order valence-electron chi connectivity index (χ3n) is 6.98. The van der Waals surface area contributed by atoms with Crippen molar-refractivity contribution in [2.45, 2.75) is 45.4 Å². The molecule has 1 heterocycles. The molecule has 0 bridgehead atoms. The quantitative estimate of drug-likeness (QED) is 0.309. The van der Waals surface area contributed by atoms with Crippen LogP contribution in [-0.2, 0) is 0 Å². The van der Waals surface area contributed by atoms with Crippen molar-refractivity contribution < 1.29 is 4.79 Å². The monoisotopic (exact) mass is 434 g/mol. The number of hydrogen-bond donors (Lipinski definition) is 0. The third kappa shape index (κ3) is 3.93. The highest BCUT2D eigenvalue weighted by atomic mass is 16.2. The van der Waals surface area contributed by atoms with Crippen LogP contribution in [0, 0.1) is 5.92 Å². The minimum Gasteiger partial charge on any atom is -0.267 e. The van der Waals surface area contributed by atoms with Gasteiger partial charge in [-0.2, -0.15) is 9.78 Å². The molecule has 33 heavy (non-hydrogen) atoms. The average Bonchev–Trinajstić information content (AvgIpc) is 3.24. The minimum atomic E-state index is -0.106. The van der Waals surface area contributed by atoms with E-state index in [1.54, 1.807) is 10.8 Å². The van der Waals surface area contributed by atoms with Gasteiger partial charge in [0.15, 0.2) is 0 Å². The van der Waals surface area contributed by atoms with Crippen LogP contribution < -0.4 is 0 Å². The maximum absolute atomic E-state index is 13.6. The van der Waals surface area contributed by atoms with Crippen molar-refractivity contribution in [1.29, 1.82) is 0 Å². The van der Waals surface area contributed by atoms with Gasteiger partial charge in [-0.15, -0.1) is 0 Å². The van der Waals surface area contributed by atoms with Crippen molar-refractivity contribution in [1.82, 2.24) is 9.78 Å². The molecule has 2 atom stereocenters. The van der Waals surface area contributed by atoms with Crippen LogP contribution >= 0.6 is 0 Å². The molecular weight excluding hydrogens is 404 g/mol. The van der Waals surface area contributed by atoms with Crippen LogP contribution in [0.5, 0.6) is 0 Å². The molecule has 1 aromatic heterocycles. The molecule has 3 aromatic carbocycles. The fourth-order valence-electron chi connectivity index (χ4n) is 5.22. The Kier molecular flexibility index (Phi) is 5.72. The molecule has 0 fully saturated rings. The predicted molar refractivity (Wildman–Crippen MR) is 136 cm³/mol. The summed E-state index contributed by atoms with van der Waals surface area (Å²) in [6.07, 6.45) is 5.76. The summed E-state index contributed by atoms with van der Waals surface area (Å²) in [6, 6.07) is 24.7. The molecule has 0 unspecified atom stereocenters. The molecule has 0 spiro atoms. The lowest BCUT2D eigenvalue weighted by molar-refractivity contribution is 0.0956. The van der Waals surface area contributed by atoms with Gasteiger partial charge in [0.2, 0.25) is 0 Å². The van der Waals surface area contributed by atoms with E-state index in [1.807, 2.05) is 36.4 Å². The van der Waals surface area contributed by atoms with Gasteiger partial charge in [-0.3, -0.25) is 4.79 Å². The van der Waals surface area contributed by atoms with Crippen molar-refractivity contribution in [2.75, 3.05) is 0 Å². The molecule has 0 amide bonds. The van der Waals surface area contributed by atoms with Gasteiger partial charge in [0.25, 0.3) is 5.91 Å². The Hall–Kier alpha value is -3.46. The van der Waals surface area contributed by atoms with E-state index < -0.39 is 0 Å². The van der Waals surface area contributed by atoms with E-state index in [1.165, 1.54) is 10.9 Å². The number of fused-ring (bicyclic) bond motifs is 2. The van der Waals surface area contributed by atoms with E-state index in [0.29, 0.717) is 17.8 Å². The summed E-state index contributed by atoms with van der Waals surface area (Å²) in [5.74, 6) is 1.11. The second-order valence-corrected chi connectivity index (χ2v) is 9.50. The zero-order chi connectivity index (χ0) is 22.9. The lowest BCUT2D eigenvalue weighted by atomic mass is 9.75. The molecule has 3 nitrogen and oxygen atoms in total. The van der Waals surface area contributed by atoms with E-state index in [9.17, 15) is 4.79 Å². The first-order chi connectivity index (χ1) is 16.0. The van der Waals surface area contributed by atoms with E-state index >= 15 is 0 Å². The molecule has 1 aliphatic carbocycles. The first-order valence-electron chi connectivity index (χ1n) is 11.9. The summed E-state index contributed by atoms with van der Waals surface area (Å²) in [4.78, 5) is 13.6. The van der Waals surface area contributed by atoms with Gasteiger partial charge in [0, 0.05) is 23.1 Å². The molecule has 4 aromatic rings. The smallest absolute Gasteiger partial charge is 0.267 e. The Balaban J connectivity index is 1.73. The van der Waals surface area contributed by atoms with Crippen molar-refractivity contribution in [2.24, 2.45) is 5.92 Å². The topological polar surface area (TPSA) is 34.9 Å². The Morgan fingerprint density at radius 2 is 1.70 bits per heavy atom. The van der Waals surface area contributed by atoms with Crippen molar-refractivity contribution in [3.8, 4) is 11.3 Å². The molecule has 1 aliphatic rings. The van der Waals surface area contributed by atoms with Gasteiger partial charge in [-0.05, 0) is 47.1 Å². The number of benzene rings is 3. The summed E-state index contributed by atoms with van der Waals surface area (Å²) in [5, 5.41) is 7.34. The van der Waals surface area contributed by atoms with Gasteiger partial charge < -0.3 is 0 Å². The zero-order valence-electron chi connectivity index (χ0n) is 19.5. The lowest BCUT2D eigenvalue weighted by Gasteiger charge is -2.29. The molecule has 0 N–H and O–H groups in total. The van der Waals surface area contributed by atoms with Gasteiger partial charge >= 0.3 is 0 Å². The van der Waals surface area contributed by atoms with Gasteiger partial charge in [-0.25, -0.2) is 0 Å². The maximum atomic E-state index is 13.6. The number of carbonyl (C=O) groups excluding carboxylic acids is 1. The predicted octanol–water partition coefficient (Wildman–Crippen LogP) is 7.69. The molecule has 0 radical (unpaired) electrons. The Morgan fingerprint density at radius 1 is 0.970 bits per heavy atom. The molecule has 0 saturated heterocycles. The molecular formula is C30H30N2O. The van der Waals surface area contributed by atoms with Crippen LogP contribution in [-0.4, -0.2) is 15.7 Å². The average molecular weight is 435 g/mol. The zero-order valence-corrected chi connectivity index (χ0v) is 19.5. The standard InChI is InChI=1S/C30H30N2O/c1-20(2)24-18-16-21(3)28-29(24)31-32(27(33)19-17-22-10-5-4-6-11-22)30(28)26-15-9-13-23-12-7-8-14-25(23)26/h4-15,17,19-21,24H,16,18H2,1-3H3/b19-17+/t21-,24-/m1/s1. The number of rotatable bonds is 4. The highest BCUT2D eigenvalue weighted by Gasteiger charge is 2.35. The first-order valence-corrected chi connectivity index (χ1v) is 11.9. The van der Waals surface area contributed by atoms with Crippen LogP contribution in [0.15, 0.2) is 78.9 Å². The van der Waals surface area contributed by atoms with Crippen LogP contribution in [0.2, 0.25) is 0 Å². The van der Waals surface area contributed by atoms with Crippen LogP contribution in [0.4, 0.5) is 0 Å². The van der Waals surface area contributed by atoms with Crippen molar-refractivity contribution in [3.05, 3.63) is 95.7 Å². The van der Waals surface area contributed by atoms with Crippen molar-refractivity contribution in [3.63, 3.8) is 0 Å². The van der Waals surface area contributed by atoms with E-state index in [4.69, 9.17) is 5.10 Å². The largest absolute Gasteiger partial charge is 0.271 e. The highest BCUT2D eigenvalue weighted by Crippen LogP contribution is 2.47. The van der Waals surface area contributed by atoms with Gasteiger partial charge in [0.05, 0.1) is 11.4 Å². The Labute approximate surface area is 195 Å². The fraction of sp³-hybridized carbons (Fsp3) is 0.267. The summed E-state index contributed by atoms with van der Waals surface area (Å²) >= 11 is 0. The summed E-state index contributed by atoms with van der Waals surface area (Å²) < 4.78 is 1.67. The summed E-state index contributed by atoms with van der Waals surface area (Å²) in [5.41, 5.74) is 5.40. The molecule has 3 heteroatoms. The summed E-state index contributed by atoms with van der Waals surface area (Å²) in [6.45, 7) is 6.80. The minimum absolute atomic E-state index is 0.106.